The molecule has 17 heavy (non-hydrogen) atoms. The van der Waals surface area contributed by atoms with E-state index >= 15 is 0 Å². The van der Waals surface area contributed by atoms with Crippen LogP contribution in [0.5, 0.6) is 0 Å². The molecular weight excluding hydrogens is 238 g/mol. The molecule has 0 aliphatic carbocycles. The van der Waals surface area contributed by atoms with Gasteiger partial charge in [-0.1, -0.05) is 0 Å². The average Bonchev–Trinajstić information content (AvgIpc) is 2.61. The number of nitrogens with one attached hydrogen (secondary N) is 1. The van der Waals surface area contributed by atoms with Crippen LogP contribution < -0.4 is 5.32 Å². The van der Waals surface area contributed by atoms with E-state index in [9.17, 15) is 4.79 Å². The maximum atomic E-state index is 11.9. The van der Waals surface area contributed by atoms with Crippen LogP contribution in [0.15, 0.2) is 10.5 Å². The Bertz CT molecular complexity index is 366. The Hall–Kier alpha value is -0.940. The summed E-state index contributed by atoms with van der Waals surface area (Å²) in [6.07, 6.45) is 1.91. The van der Waals surface area contributed by atoms with Gasteiger partial charge in [-0.05, 0) is 38.7 Å². The third-order valence-electron chi connectivity index (χ3n) is 2.79. The Morgan fingerprint density at radius 1 is 1.59 bits per heavy atom. The number of aliphatic hydroxyl groups is 1. The lowest BCUT2D eigenvalue weighted by molar-refractivity contribution is 0.0906. The smallest absolute Gasteiger partial charge is 0.287 e. The first kappa shape index (κ1) is 14.1. The summed E-state index contributed by atoms with van der Waals surface area (Å²) in [4.78, 5) is 11.9. The van der Waals surface area contributed by atoms with E-state index in [0.717, 1.165) is 11.3 Å². The summed E-state index contributed by atoms with van der Waals surface area (Å²) in [5.74, 6) is 0.845. The van der Waals surface area contributed by atoms with Gasteiger partial charge in [-0.2, -0.15) is 11.8 Å². The highest BCUT2D eigenvalue weighted by Crippen LogP contribution is 2.15. The minimum Gasteiger partial charge on any atom is -0.456 e. The quantitative estimate of drug-likeness (QED) is 0.843. The molecule has 1 heterocycles. The van der Waals surface area contributed by atoms with E-state index in [2.05, 4.69) is 5.32 Å². The van der Waals surface area contributed by atoms with Crippen LogP contribution >= 0.6 is 11.8 Å². The molecule has 0 aliphatic rings. The zero-order chi connectivity index (χ0) is 13.0. The molecule has 0 saturated heterocycles. The molecule has 1 aromatic heterocycles. The van der Waals surface area contributed by atoms with Gasteiger partial charge in [0.05, 0.1) is 6.61 Å². The van der Waals surface area contributed by atoms with E-state index in [1.54, 1.807) is 6.07 Å². The Morgan fingerprint density at radius 3 is 2.65 bits per heavy atom. The van der Waals surface area contributed by atoms with Crippen LogP contribution in [0.4, 0.5) is 0 Å². The van der Waals surface area contributed by atoms with E-state index in [1.807, 2.05) is 27.0 Å². The van der Waals surface area contributed by atoms with Gasteiger partial charge in [0.25, 0.3) is 5.91 Å². The number of aliphatic hydroxyl groups excluding tert-OH is 1. The van der Waals surface area contributed by atoms with Crippen LogP contribution in [-0.2, 0) is 0 Å². The Balaban J connectivity index is 2.66. The summed E-state index contributed by atoms with van der Waals surface area (Å²) in [5.41, 5.74) is 0.964. The third-order valence-corrected chi connectivity index (χ3v) is 3.95. The number of hydrogen-bond acceptors (Lipinski definition) is 4. The first-order valence-corrected chi connectivity index (χ1v) is 6.80. The Kier molecular flexibility index (Phi) is 5.08. The predicted octanol–water partition coefficient (Wildman–Crippen LogP) is 1.74. The highest BCUT2D eigenvalue weighted by atomic mass is 32.2. The van der Waals surface area contributed by atoms with Crippen molar-refractivity contribution in [3.05, 3.63) is 23.2 Å². The van der Waals surface area contributed by atoms with Crippen LogP contribution in [0.3, 0.4) is 0 Å². The molecule has 0 spiro atoms. The average molecular weight is 257 g/mol. The van der Waals surface area contributed by atoms with E-state index in [1.165, 1.54) is 11.8 Å². The first-order valence-electron chi connectivity index (χ1n) is 5.51. The van der Waals surface area contributed by atoms with Crippen molar-refractivity contribution < 1.29 is 14.3 Å². The lowest BCUT2D eigenvalue weighted by Gasteiger charge is -2.20. The first-order chi connectivity index (χ1) is 7.99. The molecule has 0 aromatic carbocycles. The second-order valence-corrected chi connectivity index (χ2v) is 5.15. The van der Waals surface area contributed by atoms with E-state index in [0.29, 0.717) is 5.76 Å². The zero-order valence-electron chi connectivity index (χ0n) is 10.6. The highest BCUT2D eigenvalue weighted by molar-refractivity contribution is 7.99. The summed E-state index contributed by atoms with van der Waals surface area (Å²) in [6, 6.07) is 1.62. The highest BCUT2D eigenvalue weighted by Gasteiger charge is 2.20. The summed E-state index contributed by atoms with van der Waals surface area (Å²) >= 11 is 1.53. The molecule has 0 saturated carbocycles. The lowest BCUT2D eigenvalue weighted by Crippen LogP contribution is -2.41. The standard InChI is InChI=1S/C12H19NO3S/c1-7-5-10(16-9(7)3)12(15)13-8(2)11(6-14)17-4/h5,8,11,14H,6H2,1-4H3,(H,13,15). The minimum atomic E-state index is -0.235. The number of amides is 1. The molecule has 1 amide bonds. The number of thioether (sulfide) groups is 1. The molecule has 2 N–H and O–H groups in total. The largest absolute Gasteiger partial charge is 0.456 e. The van der Waals surface area contributed by atoms with Crippen LogP contribution in [-0.4, -0.2) is 35.2 Å². The van der Waals surface area contributed by atoms with Crippen molar-refractivity contribution in [2.24, 2.45) is 0 Å². The van der Waals surface area contributed by atoms with Crippen LogP contribution in [0.1, 0.15) is 28.8 Å². The fourth-order valence-corrected chi connectivity index (χ4v) is 2.12. The van der Waals surface area contributed by atoms with E-state index < -0.39 is 0 Å². The molecule has 0 radical (unpaired) electrons. The maximum absolute atomic E-state index is 11.9. The van der Waals surface area contributed by atoms with Gasteiger partial charge in [0.2, 0.25) is 0 Å². The summed E-state index contributed by atoms with van der Waals surface area (Å²) in [7, 11) is 0. The van der Waals surface area contributed by atoms with Crippen molar-refractivity contribution >= 4 is 17.7 Å². The van der Waals surface area contributed by atoms with Crippen LogP contribution in [0.25, 0.3) is 0 Å². The van der Waals surface area contributed by atoms with Gasteiger partial charge < -0.3 is 14.8 Å². The second-order valence-electron chi connectivity index (χ2n) is 4.07. The maximum Gasteiger partial charge on any atom is 0.287 e. The van der Waals surface area contributed by atoms with Gasteiger partial charge in [-0.3, -0.25) is 4.79 Å². The van der Waals surface area contributed by atoms with Crippen molar-refractivity contribution in [1.29, 1.82) is 0 Å². The minimum absolute atomic E-state index is 0.00361. The van der Waals surface area contributed by atoms with Gasteiger partial charge in [0.15, 0.2) is 5.76 Å². The van der Waals surface area contributed by atoms with Crippen molar-refractivity contribution in [3.8, 4) is 0 Å². The van der Waals surface area contributed by atoms with Gasteiger partial charge in [0.1, 0.15) is 5.76 Å². The number of carbonyl (C=O) groups is 1. The SMILES string of the molecule is CSC(CO)C(C)NC(=O)c1cc(C)c(C)o1. The third kappa shape index (κ3) is 3.51. The number of aryl methyl sites for hydroxylation is 2. The monoisotopic (exact) mass is 257 g/mol. The van der Waals surface area contributed by atoms with Crippen molar-refractivity contribution in [1.82, 2.24) is 5.32 Å². The molecule has 1 aromatic rings. The molecule has 4 nitrogen and oxygen atoms in total. The zero-order valence-corrected chi connectivity index (χ0v) is 11.4. The molecule has 2 unspecified atom stereocenters. The fraction of sp³-hybridized carbons (Fsp3) is 0.583. The van der Waals surface area contributed by atoms with Crippen LogP contribution in [0, 0.1) is 13.8 Å². The Morgan fingerprint density at radius 2 is 2.24 bits per heavy atom. The molecule has 2 atom stereocenters. The second kappa shape index (κ2) is 6.12. The van der Waals surface area contributed by atoms with Gasteiger partial charge in [0, 0.05) is 11.3 Å². The molecule has 96 valence electrons. The van der Waals surface area contributed by atoms with Crippen LogP contribution in [0.2, 0.25) is 0 Å². The summed E-state index contributed by atoms with van der Waals surface area (Å²) < 4.78 is 5.34. The molecular formula is C12H19NO3S. The van der Waals surface area contributed by atoms with Gasteiger partial charge in [-0.15, -0.1) is 0 Å². The van der Waals surface area contributed by atoms with E-state index in [4.69, 9.17) is 9.52 Å². The van der Waals surface area contributed by atoms with Gasteiger partial charge >= 0.3 is 0 Å². The van der Waals surface area contributed by atoms with Gasteiger partial charge in [-0.25, -0.2) is 0 Å². The molecule has 5 heteroatoms. The van der Waals surface area contributed by atoms with E-state index in [-0.39, 0.29) is 23.8 Å². The number of carbonyl (C=O) groups excluding carboxylic acids is 1. The number of rotatable bonds is 5. The normalized spacial score (nSPS) is 14.4. The molecule has 0 fully saturated rings. The van der Waals surface area contributed by atoms with Crippen molar-refractivity contribution in [3.63, 3.8) is 0 Å². The Labute approximate surface area is 106 Å². The van der Waals surface area contributed by atoms with Crippen molar-refractivity contribution in [2.45, 2.75) is 32.1 Å². The fourth-order valence-electron chi connectivity index (χ4n) is 1.49. The molecule has 0 aliphatic heterocycles. The summed E-state index contributed by atoms with van der Waals surface area (Å²) in [6.45, 7) is 5.64. The number of furan rings is 1. The lowest BCUT2D eigenvalue weighted by atomic mass is 10.2. The number of hydrogen-bond donors (Lipinski definition) is 2. The summed E-state index contributed by atoms with van der Waals surface area (Å²) in [5, 5.41) is 12.0. The predicted molar refractivity (Wildman–Crippen MR) is 69.5 cm³/mol. The topological polar surface area (TPSA) is 62.5 Å². The van der Waals surface area contributed by atoms with Crippen molar-refractivity contribution in [2.75, 3.05) is 12.9 Å². The molecule has 1 rings (SSSR count). The molecule has 0 bridgehead atoms.